The Bertz CT molecular complexity index is 594. The summed E-state index contributed by atoms with van der Waals surface area (Å²) >= 11 is 0. The Morgan fingerprint density at radius 2 is 1.95 bits per heavy atom. The number of oxime groups is 1. The lowest BCUT2D eigenvalue weighted by Crippen LogP contribution is -2.21. The van der Waals surface area contributed by atoms with Gasteiger partial charge in [0.2, 0.25) is 0 Å². The van der Waals surface area contributed by atoms with Crippen molar-refractivity contribution in [3.63, 3.8) is 0 Å². The second kappa shape index (κ2) is 5.34. The van der Waals surface area contributed by atoms with Crippen LogP contribution in [0.2, 0.25) is 0 Å². The number of hydrogen-bond donors (Lipinski definition) is 2. The summed E-state index contributed by atoms with van der Waals surface area (Å²) in [5.74, 6) is 0.533. The van der Waals surface area contributed by atoms with Crippen LogP contribution in [0.15, 0.2) is 41.7 Å². The topological polar surface area (TPSA) is 87.6 Å². The Kier molecular flexibility index (Phi) is 3.61. The van der Waals surface area contributed by atoms with Crippen molar-refractivity contribution in [1.29, 1.82) is 0 Å². The third-order valence-electron chi connectivity index (χ3n) is 2.82. The van der Waals surface area contributed by atoms with Crippen LogP contribution in [-0.2, 0) is 0 Å². The summed E-state index contributed by atoms with van der Waals surface area (Å²) in [6.07, 6.45) is 1.50. The Hall–Kier alpha value is -2.63. The van der Waals surface area contributed by atoms with E-state index in [2.05, 4.69) is 15.4 Å². The van der Waals surface area contributed by atoms with Gasteiger partial charge in [-0.15, -0.1) is 5.10 Å². The maximum Gasteiger partial charge on any atom is 0.173 e. The van der Waals surface area contributed by atoms with Gasteiger partial charge in [-0.2, -0.15) is 5.10 Å². The molecule has 0 aliphatic rings. The highest BCUT2D eigenvalue weighted by Gasteiger charge is 2.14. The van der Waals surface area contributed by atoms with Crippen LogP contribution >= 0.6 is 0 Å². The monoisotopic (exact) mass is 257 g/mol. The van der Waals surface area contributed by atoms with Crippen molar-refractivity contribution in [3.05, 3.63) is 47.7 Å². The molecule has 0 radical (unpaired) electrons. The molecule has 0 atom stereocenters. The van der Waals surface area contributed by atoms with E-state index in [1.54, 1.807) is 6.07 Å². The van der Waals surface area contributed by atoms with Crippen molar-refractivity contribution in [1.82, 2.24) is 10.2 Å². The van der Waals surface area contributed by atoms with Crippen LogP contribution in [0, 0.1) is 6.92 Å². The van der Waals surface area contributed by atoms with E-state index < -0.39 is 0 Å². The number of amidine groups is 1. The van der Waals surface area contributed by atoms with Crippen LogP contribution in [0.1, 0.15) is 11.1 Å². The highest BCUT2D eigenvalue weighted by molar-refractivity contribution is 6.01. The van der Waals surface area contributed by atoms with Gasteiger partial charge in [-0.25, -0.2) is 0 Å². The van der Waals surface area contributed by atoms with E-state index in [0.717, 1.165) is 5.69 Å². The summed E-state index contributed by atoms with van der Waals surface area (Å²) in [5.41, 5.74) is 8.29. The van der Waals surface area contributed by atoms with Crippen molar-refractivity contribution in [2.75, 3.05) is 11.9 Å². The molecule has 1 aromatic carbocycles. The van der Waals surface area contributed by atoms with Crippen molar-refractivity contribution < 1.29 is 5.21 Å². The van der Waals surface area contributed by atoms with Crippen molar-refractivity contribution >= 4 is 17.3 Å². The molecule has 0 amide bonds. The number of hydrogen-bond acceptors (Lipinski definition) is 5. The molecule has 0 aliphatic carbocycles. The molecule has 0 fully saturated rings. The lowest BCUT2D eigenvalue weighted by Gasteiger charge is -2.20. The van der Waals surface area contributed by atoms with Gasteiger partial charge in [-0.05, 0) is 25.1 Å². The molecule has 3 N–H and O–H groups in total. The number of aryl methyl sites for hydroxylation is 1. The quantitative estimate of drug-likeness (QED) is 0.378. The van der Waals surface area contributed by atoms with Gasteiger partial charge in [0.15, 0.2) is 11.7 Å². The largest absolute Gasteiger partial charge is 0.409 e. The molecule has 2 aromatic rings. The molecule has 0 bridgehead atoms. The van der Waals surface area contributed by atoms with Crippen molar-refractivity contribution in [2.45, 2.75) is 6.92 Å². The molecule has 98 valence electrons. The first kappa shape index (κ1) is 12.8. The van der Waals surface area contributed by atoms with Crippen molar-refractivity contribution in [2.24, 2.45) is 10.9 Å². The second-order valence-electron chi connectivity index (χ2n) is 4.15. The summed E-state index contributed by atoms with van der Waals surface area (Å²) < 4.78 is 0. The van der Waals surface area contributed by atoms with Gasteiger partial charge in [-0.1, -0.05) is 22.9 Å². The normalized spacial score (nSPS) is 11.4. The van der Waals surface area contributed by atoms with Crippen molar-refractivity contribution in [3.8, 4) is 0 Å². The molecule has 0 saturated heterocycles. The van der Waals surface area contributed by atoms with Gasteiger partial charge in [0.1, 0.15) is 0 Å². The molecule has 1 aromatic heterocycles. The molecule has 0 saturated carbocycles. The number of benzene rings is 1. The first-order chi connectivity index (χ1) is 9.13. The maximum absolute atomic E-state index is 8.80. The molecule has 0 spiro atoms. The van der Waals surface area contributed by atoms with E-state index in [1.807, 2.05) is 43.1 Å². The van der Waals surface area contributed by atoms with Crippen LogP contribution in [0.5, 0.6) is 0 Å². The summed E-state index contributed by atoms with van der Waals surface area (Å²) in [6, 6.07) is 9.61. The zero-order valence-electron chi connectivity index (χ0n) is 10.8. The summed E-state index contributed by atoms with van der Waals surface area (Å²) in [5, 5.41) is 19.7. The highest BCUT2D eigenvalue weighted by Crippen LogP contribution is 2.24. The van der Waals surface area contributed by atoms with E-state index in [-0.39, 0.29) is 5.84 Å². The van der Waals surface area contributed by atoms with E-state index in [1.165, 1.54) is 11.8 Å². The molecule has 19 heavy (non-hydrogen) atoms. The predicted molar refractivity (Wildman–Crippen MR) is 73.8 cm³/mol. The van der Waals surface area contributed by atoms with Crippen LogP contribution in [0.25, 0.3) is 0 Å². The van der Waals surface area contributed by atoms with Gasteiger partial charge in [0.05, 0.1) is 11.8 Å². The first-order valence-electron chi connectivity index (χ1n) is 5.73. The molecule has 1 heterocycles. The molecule has 2 rings (SSSR count). The molecule has 0 unspecified atom stereocenters. The summed E-state index contributed by atoms with van der Waals surface area (Å²) in [6.45, 7) is 2.02. The SMILES string of the molecule is Cc1ccc(N(C)c2nnccc2/C(N)=N/O)cc1. The van der Waals surface area contributed by atoms with Crippen LogP contribution < -0.4 is 10.6 Å². The van der Waals surface area contributed by atoms with E-state index in [9.17, 15) is 0 Å². The molecular formula is C13H15N5O. The maximum atomic E-state index is 8.80. The van der Waals surface area contributed by atoms with Gasteiger partial charge < -0.3 is 15.8 Å². The van der Waals surface area contributed by atoms with E-state index in [0.29, 0.717) is 11.4 Å². The zero-order chi connectivity index (χ0) is 13.8. The summed E-state index contributed by atoms with van der Waals surface area (Å²) in [7, 11) is 1.85. The fraction of sp³-hybridized carbons (Fsp3) is 0.154. The van der Waals surface area contributed by atoms with Crippen LogP contribution in [0.4, 0.5) is 11.5 Å². The average Bonchev–Trinajstić information content (AvgIpc) is 2.46. The molecule has 6 heteroatoms. The standard InChI is InChI=1S/C13H15N5O/c1-9-3-5-10(6-4-9)18(2)13-11(12(14)17-19)7-8-15-16-13/h3-8,19H,1-2H3,(H2,14,17). The third-order valence-corrected chi connectivity index (χ3v) is 2.82. The lowest BCUT2D eigenvalue weighted by molar-refractivity contribution is 0.318. The van der Waals surface area contributed by atoms with Crippen LogP contribution in [-0.4, -0.2) is 28.3 Å². The minimum atomic E-state index is 0.00358. The molecule has 0 aliphatic heterocycles. The van der Waals surface area contributed by atoms with E-state index >= 15 is 0 Å². The lowest BCUT2D eigenvalue weighted by atomic mass is 10.2. The Morgan fingerprint density at radius 3 is 2.58 bits per heavy atom. The van der Waals surface area contributed by atoms with Gasteiger partial charge >= 0.3 is 0 Å². The van der Waals surface area contributed by atoms with Gasteiger partial charge in [-0.3, -0.25) is 0 Å². The summed E-state index contributed by atoms with van der Waals surface area (Å²) in [4.78, 5) is 1.83. The minimum absolute atomic E-state index is 0.00358. The zero-order valence-corrected chi connectivity index (χ0v) is 10.8. The molecule has 6 nitrogen and oxygen atoms in total. The highest BCUT2D eigenvalue weighted by atomic mass is 16.4. The second-order valence-corrected chi connectivity index (χ2v) is 4.15. The Labute approximate surface area is 111 Å². The van der Waals surface area contributed by atoms with Gasteiger partial charge in [0.25, 0.3) is 0 Å². The van der Waals surface area contributed by atoms with Gasteiger partial charge in [0, 0.05) is 12.7 Å². The Balaban J connectivity index is 2.44. The Morgan fingerprint density at radius 1 is 1.26 bits per heavy atom. The number of nitrogens with zero attached hydrogens (tertiary/aromatic N) is 4. The number of aromatic nitrogens is 2. The smallest absolute Gasteiger partial charge is 0.173 e. The first-order valence-corrected chi connectivity index (χ1v) is 5.73. The average molecular weight is 257 g/mol. The minimum Gasteiger partial charge on any atom is -0.409 e. The predicted octanol–water partition coefficient (Wildman–Crippen LogP) is 1.65. The van der Waals surface area contributed by atoms with E-state index in [4.69, 9.17) is 10.9 Å². The molecular weight excluding hydrogens is 242 g/mol. The number of rotatable bonds is 3. The fourth-order valence-corrected chi connectivity index (χ4v) is 1.72. The third kappa shape index (κ3) is 2.62. The van der Waals surface area contributed by atoms with Crippen LogP contribution in [0.3, 0.4) is 0 Å². The fourth-order valence-electron chi connectivity index (χ4n) is 1.72. The number of anilines is 2. The number of nitrogens with two attached hydrogens (primary N) is 1.